The third-order valence-electron chi connectivity index (χ3n) is 6.79. The molecule has 0 radical (unpaired) electrons. The third kappa shape index (κ3) is 4.32. The highest BCUT2D eigenvalue weighted by molar-refractivity contribution is 5.85. The van der Waals surface area contributed by atoms with E-state index in [2.05, 4.69) is 75.5 Å². The molecule has 4 rings (SSSR count). The number of fused-ring (bicyclic) bond motifs is 2. The number of aryl methyl sites for hydroxylation is 1. The van der Waals surface area contributed by atoms with E-state index >= 15 is 0 Å². The number of likely N-dealkylation sites (tertiary alicyclic amines) is 1. The predicted octanol–water partition coefficient (Wildman–Crippen LogP) is 1.08. The molecule has 2 fully saturated rings. The average Bonchev–Trinajstić information content (AvgIpc) is 3.30. The van der Waals surface area contributed by atoms with Crippen molar-refractivity contribution < 1.29 is 9.59 Å². The van der Waals surface area contributed by atoms with E-state index < -0.39 is 0 Å². The molecule has 1 aromatic heterocycles. The van der Waals surface area contributed by atoms with Crippen LogP contribution in [0, 0.1) is 12.3 Å². The standard InChI is InChI=1S/C24H31N5O2/c1-4-12-25-22(30)10-9-18-14-26-24(31)23-21(28(18)3)11-13-29(23)16-17-15-27(2)20-8-6-5-7-19(17)20/h1,5-8,15,18,21,23H,9-14,16H2,2-3H3,(H,25,30)(H,26,31)/t18-,21-,23-/m0/s1. The van der Waals surface area contributed by atoms with Crippen LogP contribution in [-0.2, 0) is 23.2 Å². The molecule has 164 valence electrons. The van der Waals surface area contributed by atoms with Crippen LogP contribution >= 0.6 is 0 Å². The van der Waals surface area contributed by atoms with E-state index in [0.29, 0.717) is 19.4 Å². The number of carbonyl (C=O) groups is 2. The van der Waals surface area contributed by atoms with Crippen LogP contribution in [0.2, 0.25) is 0 Å². The second kappa shape index (κ2) is 9.13. The molecule has 3 heterocycles. The normalized spacial score (nSPS) is 24.4. The van der Waals surface area contributed by atoms with Crippen molar-refractivity contribution in [2.45, 2.75) is 43.9 Å². The summed E-state index contributed by atoms with van der Waals surface area (Å²) in [7, 11) is 4.15. The number of para-hydroxylation sites is 1. The minimum atomic E-state index is -0.177. The zero-order valence-corrected chi connectivity index (χ0v) is 18.3. The van der Waals surface area contributed by atoms with Gasteiger partial charge in [0.2, 0.25) is 11.8 Å². The molecule has 0 aliphatic carbocycles. The first-order valence-corrected chi connectivity index (χ1v) is 11.0. The number of carbonyl (C=O) groups excluding carboxylic acids is 2. The maximum atomic E-state index is 13.0. The SMILES string of the molecule is C#CCNC(=O)CC[C@H]1CNC(=O)[C@@H]2[C@H](CCN2Cc2cn(C)c3ccccc23)N1C. The lowest BCUT2D eigenvalue weighted by molar-refractivity contribution is -0.126. The van der Waals surface area contributed by atoms with Gasteiger partial charge in [0.05, 0.1) is 6.54 Å². The van der Waals surface area contributed by atoms with Crippen LogP contribution < -0.4 is 10.6 Å². The van der Waals surface area contributed by atoms with Gasteiger partial charge in [-0.15, -0.1) is 6.42 Å². The summed E-state index contributed by atoms with van der Waals surface area (Å²) in [5.74, 6) is 2.47. The number of hydrogen-bond donors (Lipinski definition) is 2. The maximum absolute atomic E-state index is 13.0. The summed E-state index contributed by atoms with van der Waals surface area (Å²) >= 11 is 0. The van der Waals surface area contributed by atoms with E-state index in [-0.39, 0.29) is 36.5 Å². The molecule has 2 aromatic rings. The zero-order valence-electron chi connectivity index (χ0n) is 18.3. The fraction of sp³-hybridized carbons (Fsp3) is 0.500. The molecule has 0 saturated carbocycles. The quantitative estimate of drug-likeness (QED) is 0.685. The van der Waals surface area contributed by atoms with Crippen molar-refractivity contribution in [1.82, 2.24) is 25.0 Å². The highest BCUT2D eigenvalue weighted by atomic mass is 16.2. The summed E-state index contributed by atoms with van der Waals surface area (Å²) in [6, 6.07) is 8.50. The second-order valence-electron chi connectivity index (χ2n) is 8.64. The van der Waals surface area contributed by atoms with E-state index in [1.54, 1.807) is 0 Å². The minimum Gasteiger partial charge on any atom is -0.353 e. The first-order chi connectivity index (χ1) is 15.0. The first-order valence-electron chi connectivity index (χ1n) is 11.0. The van der Waals surface area contributed by atoms with Crippen LogP contribution in [-0.4, -0.2) is 71.0 Å². The topological polar surface area (TPSA) is 69.6 Å². The maximum Gasteiger partial charge on any atom is 0.239 e. The van der Waals surface area contributed by atoms with Crippen LogP contribution in [0.5, 0.6) is 0 Å². The summed E-state index contributed by atoms with van der Waals surface area (Å²) in [6.45, 7) is 2.45. The van der Waals surface area contributed by atoms with E-state index in [4.69, 9.17) is 6.42 Å². The fourth-order valence-corrected chi connectivity index (χ4v) is 5.13. The number of rotatable bonds is 6. The molecule has 0 unspecified atom stereocenters. The molecule has 2 aliphatic heterocycles. The Kier molecular flexibility index (Phi) is 6.30. The van der Waals surface area contributed by atoms with Crippen LogP contribution in [0.4, 0.5) is 0 Å². The smallest absolute Gasteiger partial charge is 0.239 e. The molecule has 3 atom stereocenters. The Morgan fingerprint density at radius 1 is 1.32 bits per heavy atom. The summed E-state index contributed by atoms with van der Waals surface area (Å²) in [6.07, 6.45) is 9.42. The van der Waals surface area contributed by atoms with Crippen LogP contribution in [0.3, 0.4) is 0 Å². The Morgan fingerprint density at radius 3 is 2.94 bits per heavy atom. The molecule has 7 nitrogen and oxygen atoms in total. The van der Waals surface area contributed by atoms with E-state index in [1.807, 2.05) is 0 Å². The Hall–Kier alpha value is -2.82. The Balaban J connectivity index is 1.46. The minimum absolute atomic E-state index is 0.0394. The number of benzene rings is 1. The van der Waals surface area contributed by atoms with Crippen molar-refractivity contribution >= 4 is 22.7 Å². The van der Waals surface area contributed by atoms with Crippen molar-refractivity contribution in [3.05, 3.63) is 36.0 Å². The van der Waals surface area contributed by atoms with Crippen molar-refractivity contribution in [3.8, 4) is 12.3 Å². The summed E-state index contributed by atoms with van der Waals surface area (Å²) < 4.78 is 2.15. The Labute approximate surface area is 183 Å². The Bertz CT molecular complexity index is 1010. The lowest BCUT2D eigenvalue weighted by Crippen LogP contribution is -2.49. The van der Waals surface area contributed by atoms with Crippen molar-refractivity contribution in [1.29, 1.82) is 0 Å². The molecule has 2 aliphatic rings. The first kappa shape index (κ1) is 21.4. The molecule has 1 aromatic carbocycles. The lowest BCUT2D eigenvalue weighted by atomic mass is 10.0. The molecule has 0 spiro atoms. The van der Waals surface area contributed by atoms with Gasteiger partial charge in [0, 0.05) is 62.3 Å². The fourth-order valence-electron chi connectivity index (χ4n) is 5.13. The van der Waals surface area contributed by atoms with Gasteiger partial charge in [-0.2, -0.15) is 0 Å². The molecule has 2 saturated heterocycles. The van der Waals surface area contributed by atoms with E-state index in [9.17, 15) is 9.59 Å². The van der Waals surface area contributed by atoms with Gasteiger partial charge < -0.3 is 15.2 Å². The number of aromatic nitrogens is 1. The van der Waals surface area contributed by atoms with Gasteiger partial charge >= 0.3 is 0 Å². The van der Waals surface area contributed by atoms with Crippen molar-refractivity contribution in [2.75, 3.05) is 26.7 Å². The summed E-state index contributed by atoms with van der Waals surface area (Å²) in [5.41, 5.74) is 2.46. The summed E-state index contributed by atoms with van der Waals surface area (Å²) in [4.78, 5) is 29.6. The number of nitrogens with zero attached hydrogens (tertiary/aromatic N) is 3. The van der Waals surface area contributed by atoms with E-state index in [0.717, 1.165) is 19.5 Å². The molecule has 0 bridgehead atoms. The lowest BCUT2D eigenvalue weighted by Gasteiger charge is -2.33. The van der Waals surface area contributed by atoms with Crippen LogP contribution in [0.15, 0.2) is 30.5 Å². The third-order valence-corrected chi connectivity index (χ3v) is 6.79. The molecular weight excluding hydrogens is 390 g/mol. The molecule has 7 heteroatoms. The number of hydrogen-bond acceptors (Lipinski definition) is 4. The predicted molar refractivity (Wildman–Crippen MR) is 121 cm³/mol. The van der Waals surface area contributed by atoms with Gasteiger partial charge in [0.1, 0.15) is 6.04 Å². The van der Waals surface area contributed by atoms with Crippen LogP contribution in [0.25, 0.3) is 10.9 Å². The number of amides is 2. The highest BCUT2D eigenvalue weighted by Gasteiger charge is 2.45. The van der Waals surface area contributed by atoms with Crippen molar-refractivity contribution in [3.63, 3.8) is 0 Å². The monoisotopic (exact) mass is 421 g/mol. The van der Waals surface area contributed by atoms with Gasteiger partial charge in [-0.3, -0.25) is 19.4 Å². The van der Waals surface area contributed by atoms with Gasteiger partial charge in [-0.1, -0.05) is 24.1 Å². The van der Waals surface area contributed by atoms with E-state index in [1.165, 1.54) is 16.5 Å². The number of nitrogens with one attached hydrogen (secondary N) is 2. The molecule has 2 amide bonds. The number of terminal acetylenes is 1. The van der Waals surface area contributed by atoms with Gasteiger partial charge in [0.25, 0.3) is 0 Å². The largest absolute Gasteiger partial charge is 0.353 e. The van der Waals surface area contributed by atoms with Gasteiger partial charge in [0.15, 0.2) is 0 Å². The van der Waals surface area contributed by atoms with Crippen LogP contribution in [0.1, 0.15) is 24.8 Å². The summed E-state index contributed by atoms with van der Waals surface area (Å²) in [5, 5.41) is 7.09. The average molecular weight is 422 g/mol. The second-order valence-corrected chi connectivity index (χ2v) is 8.64. The number of likely N-dealkylation sites (N-methyl/N-ethyl adjacent to an activating group) is 1. The molecule has 2 N–H and O–H groups in total. The molecular formula is C24H31N5O2. The highest BCUT2D eigenvalue weighted by Crippen LogP contribution is 2.30. The van der Waals surface area contributed by atoms with Crippen molar-refractivity contribution in [2.24, 2.45) is 7.05 Å². The van der Waals surface area contributed by atoms with Gasteiger partial charge in [-0.25, -0.2) is 0 Å². The Morgan fingerprint density at radius 2 is 2.13 bits per heavy atom. The zero-order chi connectivity index (χ0) is 22.0. The molecule has 31 heavy (non-hydrogen) atoms. The van der Waals surface area contributed by atoms with Gasteiger partial charge in [-0.05, 0) is 31.5 Å².